The number of anilines is 1. The second-order valence-electron chi connectivity index (χ2n) is 5.87. The van der Waals surface area contributed by atoms with Gasteiger partial charge in [-0.1, -0.05) is 44.2 Å². The normalized spacial score (nSPS) is 11.6. The molecule has 0 bridgehead atoms. The first kappa shape index (κ1) is 18.3. The van der Waals surface area contributed by atoms with Crippen LogP contribution in [-0.4, -0.2) is 18.0 Å². The van der Waals surface area contributed by atoms with Gasteiger partial charge >= 0.3 is 6.09 Å². The molecule has 0 radical (unpaired) electrons. The summed E-state index contributed by atoms with van der Waals surface area (Å²) >= 11 is 0. The van der Waals surface area contributed by atoms with Crippen LogP contribution >= 0.6 is 0 Å². The number of pyridine rings is 1. The Hall–Kier alpha value is -3.09. The standard InChI is InChI=1S/C18H21N3O4/c1-13(2)16(17(22)19-15-9-6-10-21(24)11-15)20-18(23)25-12-14-7-4-3-5-8-14/h3-11,13,16H,12H2,1-2H3,(H,19,22)(H,20,23)/t16-/m0/s1. The smallest absolute Gasteiger partial charge is 0.408 e. The van der Waals surface area contributed by atoms with Crippen LogP contribution in [0.15, 0.2) is 54.9 Å². The van der Waals surface area contributed by atoms with Gasteiger partial charge in [0.05, 0.1) is 0 Å². The maximum Gasteiger partial charge on any atom is 0.408 e. The molecule has 7 nitrogen and oxygen atoms in total. The molecule has 2 aromatic rings. The highest BCUT2D eigenvalue weighted by atomic mass is 16.5. The number of nitrogens with zero attached hydrogens (tertiary/aromatic N) is 1. The topological polar surface area (TPSA) is 94.4 Å². The van der Waals surface area contributed by atoms with E-state index in [0.717, 1.165) is 5.56 Å². The Morgan fingerprint density at radius 2 is 1.88 bits per heavy atom. The maximum absolute atomic E-state index is 12.4. The van der Waals surface area contributed by atoms with Gasteiger partial charge in [-0.2, -0.15) is 4.73 Å². The second-order valence-corrected chi connectivity index (χ2v) is 5.87. The van der Waals surface area contributed by atoms with Crippen LogP contribution in [0.5, 0.6) is 0 Å². The molecule has 1 heterocycles. The number of carbonyl (C=O) groups excluding carboxylic acids is 2. The average molecular weight is 343 g/mol. The summed E-state index contributed by atoms with van der Waals surface area (Å²) in [6.45, 7) is 3.73. The van der Waals surface area contributed by atoms with Crippen molar-refractivity contribution < 1.29 is 19.1 Å². The number of rotatable bonds is 6. The van der Waals surface area contributed by atoms with E-state index in [1.165, 1.54) is 18.5 Å². The molecule has 0 aliphatic carbocycles. The lowest BCUT2D eigenvalue weighted by atomic mass is 10.0. The summed E-state index contributed by atoms with van der Waals surface area (Å²) < 4.78 is 5.73. The van der Waals surface area contributed by atoms with Gasteiger partial charge in [0, 0.05) is 6.07 Å². The Balaban J connectivity index is 1.92. The fourth-order valence-electron chi connectivity index (χ4n) is 2.18. The largest absolute Gasteiger partial charge is 0.619 e. The van der Waals surface area contributed by atoms with E-state index in [0.29, 0.717) is 10.4 Å². The molecule has 0 spiro atoms. The molecular weight excluding hydrogens is 322 g/mol. The van der Waals surface area contributed by atoms with E-state index in [1.807, 2.05) is 30.3 Å². The number of alkyl carbamates (subject to hydrolysis) is 1. The van der Waals surface area contributed by atoms with Crippen molar-refractivity contribution in [1.29, 1.82) is 0 Å². The molecule has 0 fully saturated rings. The van der Waals surface area contributed by atoms with Gasteiger partial charge in [0.2, 0.25) is 12.1 Å². The fraction of sp³-hybridized carbons (Fsp3) is 0.278. The Morgan fingerprint density at radius 3 is 2.52 bits per heavy atom. The first-order valence-electron chi connectivity index (χ1n) is 7.92. The van der Waals surface area contributed by atoms with Gasteiger partial charge in [0.25, 0.3) is 0 Å². The van der Waals surface area contributed by atoms with E-state index >= 15 is 0 Å². The summed E-state index contributed by atoms with van der Waals surface area (Å²) in [5.74, 6) is -0.578. The van der Waals surface area contributed by atoms with Crippen molar-refractivity contribution >= 4 is 17.7 Å². The van der Waals surface area contributed by atoms with E-state index in [-0.39, 0.29) is 12.5 Å². The number of hydrogen-bond donors (Lipinski definition) is 2. The molecule has 0 unspecified atom stereocenters. The van der Waals surface area contributed by atoms with Crippen LogP contribution in [0.4, 0.5) is 10.5 Å². The van der Waals surface area contributed by atoms with E-state index < -0.39 is 18.0 Å². The van der Waals surface area contributed by atoms with E-state index in [4.69, 9.17) is 4.74 Å². The number of aromatic nitrogens is 1. The molecule has 0 saturated carbocycles. The average Bonchev–Trinajstić information content (AvgIpc) is 2.58. The summed E-state index contributed by atoms with van der Waals surface area (Å²) in [4.78, 5) is 24.4. The zero-order valence-corrected chi connectivity index (χ0v) is 14.1. The van der Waals surface area contributed by atoms with Crippen LogP contribution in [0, 0.1) is 11.1 Å². The molecule has 7 heteroatoms. The van der Waals surface area contributed by atoms with Crippen LogP contribution in [-0.2, 0) is 16.1 Å². The van der Waals surface area contributed by atoms with E-state index in [9.17, 15) is 14.8 Å². The van der Waals surface area contributed by atoms with Crippen molar-refractivity contribution in [2.45, 2.75) is 26.5 Å². The molecule has 132 valence electrons. The molecular formula is C18H21N3O4. The number of hydrogen-bond acceptors (Lipinski definition) is 4. The quantitative estimate of drug-likeness (QED) is 0.621. The number of amides is 2. The van der Waals surface area contributed by atoms with Gasteiger partial charge in [-0.3, -0.25) is 4.79 Å². The van der Waals surface area contributed by atoms with Crippen LogP contribution < -0.4 is 15.4 Å². The summed E-state index contributed by atoms with van der Waals surface area (Å²) in [6, 6.07) is 11.6. The summed E-state index contributed by atoms with van der Waals surface area (Å²) in [5.41, 5.74) is 1.21. The second kappa shape index (κ2) is 8.68. The van der Waals surface area contributed by atoms with E-state index in [1.54, 1.807) is 19.9 Å². The lowest BCUT2D eigenvalue weighted by Gasteiger charge is -2.21. The summed E-state index contributed by atoms with van der Waals surface area (Å²) in [6.07, 6.45) is 1.88. The molecule has 2 rings (SSSR count). The Bertz CT molecular complexity index is 719. The van der Waals surface area contributed by atoms with Crippen molar-refractivity contribution in [3.8, 4) is 0 Å². The molecule has 0 aliphatic rings. The third kappa shape index (κ3) is 5.80. The lowest BCUT2D eigenvalue weighted by molar-refractivity contribution is -0.604. The monoisotopic (exact) mass is 343 g/mol. The highest BCUT2D eigenvalue weighted by Gasteiger charge is 2.25. The molecule has 0 saturated heterocycles. The molecule has 2 N–H and O–H groups in total. The Morgan fingerprint density at radius 1 is 1.16 bits per heavy atom. The van der Waals surface area contributed by atoms with Crippen molar-refractivity contribution in [3.63, 3.8) is 0 Å². The molecule has 1 aromatic carbocycles. The third-order valence-corrected chi connectivity index (χ3v) is 3.48. The fourth-order valence-corrected chi connectivity index (χ4v) is 2.18. The van der Waals surface area contributed by atoms with Crippen LogP contribution in [0.1, 0.15) is 19.4 Å². The molecule has 1 aromatic heterocycles. The maximum atomic E-state index is 12.4. The lowest BCUT2D eigenvalue weighted by Crippen LogP contribution is -2.47. The van der Waals surface area contributed by atoms with Crippen molar-refractivity contribution in [3.05, 3.63) is 65.6 Å². The predicted octanol–water partition coefficient (Wildman–Crippen LogP) is 2.21. The summed E-state index contributed by atoms with van der Waals surface area (Å²) in [5, 5.41) is 16.4. The minimum absolute atomic E-state index is 0.119. The SMILES string of the molecule is CC(C)[C@H](NC(=O)OCc1ccccc1)C(=O)Nc1ccc[n+]([O-])c1. The highest BCUT2D eigenvalue weighted by molar-refractivity contribution is 5.96. The molecule has 0 aliphatic heterocycles. The minimum atomic E-state index is -0.788. The van der Waals surface area contributed by atoms with Gasteiger partial charge in [-0.25, -0.2) is 4.79 Å². The first-order chi connectivity index (χ1) is 12.0. The van der Waals surface area contributed by atoms with Crippen LogP contribution in [0.2, 0.25) is 0 Å². The Labute approximate surface area is 146 Å². The zero-order valence-electron chi connectivity index (χ0n) is 14.1. The molecule has 1 atom stereocenters. The van der Waals surface area contributed by atoms with Gasteiger partial charge in [-0.15, -0.1) is 0 Å². The third-order valence-electron chi connectivity index (χ3n) is 3.48. The van der Waals surface area contributed by atoms with Crippen molar-refractivity contribution in [1.82, 2.24) is 5.32 Å². The van der Waals surface area contributed by atoms with Gasteiger partial charge in [0.1, 0.15) is 18.3 Å². The van der Waals surface area contributed by atoms with Crippen molar-refractivity contribution in [2.24, 2.45) is 5.92 Å². The predicted molar refractivity (Wildman–Crippen MR) is 92.4 cm³/mol. The molecule has 2 amide bonds. The number of carbonyl (C=O) groups is 2. The number of nitrogens with one attached hydrogen (secondary N) is 2. The van der Waals surface area contributed by atoms with Crippen molar-refractivity contribution in [2.75, 3.05) is 5.32 Å². The van der Waals surface area contributed by atoms with E-state index in [2.05, 4.69) is 10.6 Å². The first-order valence-corrected chi connectivity index (χ1v) is 7.92. The van der Waals surface area contributed by atoms with Gasteiger partial charge in [-0.05, 0) is 17.5 Å². The zero-order chi connectivity index (χ0) is 18.2. The number of ether oxygens (including phenoxy) is 1. The van der Waals surface area contributed by atoms with Crippen LogP contribution in [0.25, 0.3) is 0 Å². The highest BCUT2D eigenvalue weighted by Crippen LogP contribution is 2.08. The van der Waals surface area contributed by atoms with Gasteiger partial charge < -0.3 is 20.6 Å². The number of benzene rings is 1. The Kier molecular flexibility index (Phi) is 6.33. The summed E-state index contributed by atoms with van der Waals surface area (Å²) in [7, 11) is 0. The van der Waals surface area contributed by atoms with Crippen LogP contribution in [0.3, 0.4) is 0 Å². The van der Waals surface area contributed by atoms with Gasteiger partial charge in [0.15, 0.2) is 6.20 Å². The molecule has 25 heavy (non-hydrogen) atoms. The minimum Gasteiger partial charge on any atom is -0.619 e.